The summed E-state index contributed by atoms with van der Waals surface area (Å²) in [7, 11) is 0. The Labute approximate surface area is 112 Å². The van der Waals surface area contributed by atoms with Crippen molar-refractivity contribution in [2.45, 2.75) is 6.42 Å². The number of benzene rings is 2. The first kappa shape index (κ1) is 12.7. The van der Waals surface area contributed by atoms with Crippen LogP contribution < -0.4 is 0 Å². The third-order valence-corrected chi connectivity index (χ3v) is 2.74. The molecule has 2 aromatic carbocycles. The Morgan fingerprint density at radius 3 is 2.61 bits per heavy atom. The van der Waals surface area contributed by atoms with Crippen LogP contribution in [0.2, 0.25) is 5.02 Å². The number of aliphatic imine (C=N–C) groups is 1. The lowest BCUT2D eigenvalue weighted by atomic mass is 10.1. The molecule has 0 unspecified atom stereocenters. The molecule has 18 heavy (non-hydrogen) atoms. The molecule has 1 N–H and O–H groups in total. The van der Waals surface area contributed by atoms with E-state index in [1.165, 1.54) is 11.6 Å². The second kappa shape index (κ2) is 6.22. The van der Waals surface area contributed by atoms with Crippen LogP contribution in [0.25, 0.3) is 0 Å². The monoisotopic (exact) mass is 259 g/mol. The predicted molar refractivity (Wildman–Crippen MR) is 75.7 cm³/mol. The number of hydrogen-bond donors (Lipinski definition) is 1. The molecule has 0 spiro atoms. The molecule has 2 rings (SSSR count). The lowest BCUT2D eigenvalue weighted by Crippen LogP contribution is -1.90. The standard InChI is InChI=1S/C15H14ClNO/c16-14-8-13(9-15(18)10-14)11-17-7-6-12-4-2-1-3-5-12/h1-5,8-11,18H,6-7H2. The molecule has 0 fully saturated rings. The van der Waals surface area contributed by atoms with E-state index in [2.05, 4.69) is 17.1 Å². The molecule has 0 heterocycles. The molecule has 0 aliphatic rings. The van der Waals surface area contributed by atoms with E-state index in [4.69, 9.17) is 11.6 Å². The van der Waals surface area contributed by atoms with Gasteiger partial charge in [-0.05, 0) is 35.7 Å². The Morgan fingerprint density at radius 2 is 1.89 bits per heavy atom. The SMILES string of the molecule is Oc1cc(Cl)cc(C=NCCc2ccccc2)c1. The highest BCUT2D eigenvalue weighted by Gasteiger charge is 1.95. The largest absolute Gasteiger partial charge is 0.508 e. The zero-order valence-corrected chi connectivity index (χ0v) is 10.6. The minimum Gasteiger partial charge on any atom is -0.508 e. The molecule has 92 valence electrons. The molecule has 0 bridgehead atoms. The van der Waals surface area contributed by atoms with Crippen molar-refractivity contribution in [3.05, 3.63) is 64.7 Å². The Balaban J connectivity index is 1.91. The summed E-state index contributed by atoms with van der Waals surface area (Å²) in [6.45, 7) is 0.720. The average Bonchev–Trinajstić information content (AvgIpc) is 2.35. The number of rotatable bonds is 4. The summed E-state index contributed by atoms with van der Waals surface area (Å²) in [6, 6.07) is 15.1. The van der Waals surface area contributed by atoms with Crippen molar-refractivity contribution in [3.63, 3.8) is 0 Å². The van der Waals surface area contributed by atoms with Gasteiger partial charge in [0.25, 0.3) is 0 Å². The molecule has 0 radical (unpaired) electrons. The zero-order valence-electron chi connectivity index (χ0n) is 9.88. The van der Waals surface area contributed by atoms with Crippen molar-refractivity contribution in [3.8, 4) is 5.75 Å². The second-order valence-corrected chi connectivity index (χ2v) is 4.45. The average molecular weight is 260 g/mol. The van der Waals surface area contributed by atoms with Gasteiger partial charge in [-0.1, -0.05) is 41.9 Å². The zero-order chi connectivity index (χ0) is 12.8. The van der Waals surface area contributed by atoms with Gasteiger partial charge in [0.15, 0.2) is 0 Å². The number of halogens is 1. The molecule has 0 aromatic heterocycles. The third-order valence-electron chi connectivity index (χ3n) is 2.52. The predicted octanol–water partition coefficient (Wildman–Crippen LogP) is 3.71. The number of aromatic hydroxyl groups is 1. The van der Waals surface area contributed by atoms with Crippen LogP contribution in [0.4, 0.5) is 0 Å². The highest BCUT2D eigenvalue weighted by atomic mass is 35.5. The highest BCUT2D eigenvalue weighted by molar-refractivity contribution is 6.31. The van der Waals surface area contributed by atoms with Crippen LogP contribution in [0.15, 0.2) is 53.5 Å². The van der Waals surface area contributed by atoms with Crippen molar-refractivity contribution in [1.82, 2.24) is 0 Å². The molecule has 2 aromatic rings. The van der Waals surface area contributed by atoms with Crippen molar-refractivity contribution >= 4 is 17.8 Å². The summed E-state index contributed by atoms with van der Waals surface area (Å²) < 4.78 is 0. The van der Waals surface area contributed by atoms with Gasteiger partial charge in [0.2, 0.25) is 0 Å². The topological polar surface area (TPSA) is 32.6 Å². The van der Waals surface area contributed by atoms with Crippen LogP contribution in [0.3, 0.4) is 0 Å². The van der Waals surface area contributed by atoms with E-state index in [0.29, 0.717) is 5.02 Å². The Bertz CT molecular complexity index is 517. The molecule has 0 aliphatic heterocycles. The van der Waals surface area contributed by atoms with Gasteiger partial charge in [-0.25, -0.2) is 0 Å². The van der Waals surface area contributed by atoms with Gasteiger partial charge >= 0.3 is 0 Å². The molecule has 0 aliphatic carbocycles. The molecule has 0 saturated carbocycles. The number of nitrogens with zero attached hydrogens (tertiary/aromatic N) is 1. The summed E-state index contributed by atoms with van der Waals surface area (Å²) >= 11 is 5.84. The maximum atomic E-state index is 9.38. The van der Waals surface area contributed by atoms with Gasteiger partial charge in [-0.3, -0.25) is 4.99 Å². The van der Waals surface area contributed by atoms with Crippen LogP contribution in [0.1, 0.15) is 11.1 Å². The Kier molecular flexibility index (Phi) is 4.37. The van der Waals surface area contributed by atoms with E-state index in [1.54, 1.807) is 18.3 Å². The molecule has 0 amide bonds. The highest BCUT2D eigenvalue weighted by Crippen LogP contribution is 2.18. The van der Waals surface area contributed by atoms with E-state index in [1.807, 2.05) is 18.2 Å². The minimum atomic E-state index is 0.159. The first-order valence-corrected chi connectivity index (χ1v) is 6.15. The normalized spacial score (nSPS) is 10.9. The molecular formula is C15H14ClNO. The lowest BCUT2D eigenvalue weighted by molar-refractivity contribution is 0.475. The van der Waals surface area contributed by atoms with Gasteiger partial charge in [0.1, 0.15) is 5.75 Å². The summed E-state index contributed by atoms with van der Waals surface area (Å²) in [5.41, 5.74) is 2.08. The summed E-state index contributed by atoms with van der Waals surface area (Å²) in [6.07, 6.45) is 2.64. The van der Waals surface area contributed by atoms with Gasteiger partial charge in [0.05, 0.1) is 0 Å². The summed E-state index contributed by atoms with van der Waals surface area (Å²) in [4.78, 5) is 4.32. The van der Waals surface area contributed by atoms with Crippen molar-refractivity contribution < 1.29 is 5.11 Å². The number of phenolic OH excluding ortho intramolecular Hbond substituents is 1. The van der Waals surface area contributed by atoms with Crippen molar-refractivity contribution in [2.75, 3.05) is 6.54 Å². The van der Waals surface area contributed by atoms with E-state index in [0.717, 1.165) is 18.5 Å². The fourth-order valence-electron chi connectivity index (χ4n) is 1.68. The summed E-state index contributed by atoms with van der Waals surface area (Å²) in [5.74, 6) is 0.159. The fourth-order valence-corrected chi connectivity index (χ4v) is 1.92. The van der Waals surface area contributed by atoms with Gasteiger partial charge < -0.3 is 5.11 Å². The fraction of sp³-hybridized carbons (Fsp3) is 0.133. The van der Waals surface area contributed by atoms with E-state index in [-0.39, 0.29) is 5.75 Å². The Morgan fingerprint density at radius 1 is 1.11 bits per heavy atom. The maximum Gasteiger partial charge on any atom is 0.117 e. The first-order valence-electron chi connectivity index (χ1n) is 5.77. The lowest BCUT2D eigenvalue weighted by Gasteiger charge is -1.98. The van der Waals surface area contributed by atoms with Gasteiger partial charge in [-0.2, -0.15) is 0 Å². The first-order chi connectivity index (χ1) is 8.74. The van der Waals surface area contributed by atoms with E-state index < -0.39 is 0 Å². The smallest absolute Gasteiger partial charge is 0.117 e. The quantitative estimate of drug-likeness (QED) is 0.835. The molecule has 2 nitrogen and oxygen atoms in total. The third kappa shape index (κ3) is 3.90. The van der Waals surface area contributed by atoms with Crippen LogP contribution in [0.5, 0.6) is 5.75 Å². The van der Waals surface area contributed by atoms with Crippen molar-refractivity contribution in [1.29, 1.82) is 0 Å². The number of hydrogen-bond acceptors (Lipinski definition) is 2. The minimum absolute atomic E-state index is 0.159. The maximum absolute atomic E-state index is 9.38. The van der Waals surface area contributed by atoms with Gasteiger partial charge in [-0.15, -0.1) is 0 Å². The molecular weight excluding hydrogens is 246 g/mol. The van der Waals surface area contributed by atoms with Crippen LogP contribution >= 0.6 is 11.6 Å². The van der Waals surface area contributed by atoms with Gasteiger partial charge in [0, 0.05) is 17.8 Å². The van der Waals surface area contributed by atoms with Crippen LogP contribution in [-0.2, 0) is 6.42 Å². The molecule has 3 heteroatoms. The van der Waals surface area contributed by atoms with Crippen LogP contribution in [0, 0.1) is 0 Å². The van der Waals surface area contributed by atoms with Crippen LogP contribution in [-0.4, -0.2) is 17.9 Å². The van der Waals surface area contributed by atoms with Crippen molar-refractivity contribution in [2.24, 2.45) is 4.99 Å². The Hall–Kier alpha value is -1.80. The second-order valence-electron chi connectivity index (χ2n) is 4.01. The summed E-state index contributed by atoms with van der Waals surface area (Å²) in [5, 5.41) is 9.90. The molecule has 0 saturated heterocycles. The van der Waals surface area contributed by atoms with E-state index in [9.17, 15) is 5.11 Å². The molecule has 0 atom stereocenters. The number of phenols is 1. The van der Waals surface area contributed by atoms with E-state index >= 15 is 0 Å².